The van der Waals surface area contributed by atoms with Gasteiger partial charge in [-0.05, 0) is 6.07 Å². The molecule has 0 unspecified atom stereocenters. The van der Waals surface area contributed by atoms with E-state index in [0.717, 1.165) is 18.9 Å². The zero-order valence-corrected chi connectivity index (χ0v) is 10.0. The molecule has 8 heteroatoms. The van der Waals surface area contributed by atoms with Crippen LogP contribution >= 0.6 is 0 Å². The number of nitrogens with zero attached hydrogens (tertiary/aromatic N) is 5. The third-order valence-electron chi connectivity index (χ3n) is 3.11. The van der Waals surface area contributed by atoms with Gasteiger partial charge in [0.05, 0.1) is 24.0 Å². The van der Waals surface area contributed by atoms with Crippen molar-refractivity contribution in [2.75, 3.05) is 17.2 Å². The zero-order chi connectivity index (χ0) is 13.4. The molecule has 19 heavy (non-hydrogen) atoms. The molecule has 0 fully saturated rings. The van der Waals surface area contributed by atoms with Gasteiger partial charge in [-0.25, -0.2) is 9.78 Å². The Bertz CT molecular complexity index is 638. The molecule has 1 aliphatic rings. The Balaban J connectivity index is 1.92. The minimum Gasteiger partial charge on any atom is -0.478 e. The number of rotatable bonds is 2. The van der Waals surface area contributed by atoms with E-state index in [-0.39, 0.29) is 11.3 Å². The number of hydrogen-bond acceptors (Lipinski definition) is 6. The average Bonchev–Trinajstić information content (AvgIpc) is 2.86. The van der Waals surface area contributed by atoms with E-state index in [1.165, 1.54) is 12.3 Å². The Hall–Kier alpha value is -2.64. The fourth-order valence-electron chi connectivity index (χ4n) is 2.07. The molecule has 0 saturated heterocycles. The molecule has 0 atom stereocenters. The fraction of sp³-hybridized carbons (Fsp3) is 0.273. The van der Waals surface area contributed by atoms with Crippen LogP contribution in [0.15, 0.2) is 18.6 Å². The first kappa shape index (κ1) is 11.5. The van der Waals surface area contributed by atoms with Crippen molar-refractivity contribution in [3.63, 3.8) is 0 Å². The van der Waals surface area contributed by atoms with Crippen molar-refractivity contribution in [3.8, 4) is 0 Å². The molecule has 0 aliphatic carbocycles. The summed E-state index contributed by atoms with van der Waals surface area (Å²) in [6.45, 7) is 2.02. The van der Waals surface area contributed by atoms with Crippen LogP contribution in [-0.4, -0.2) is 37.4 Å². The standard InChI is InChI=1S/C11H12N6O2/c12-8-4-13-9(3-7(8)11(18)19)16-1-2-17-6-14-15-10(17)5-16/h3-4,6H,1-2,5,12H2,(H,18,19). The van der Waals surface area contributed by atoms with Gasteiger partial charge in [-0.15, -0.1) is 10.2 Å². The van der Waals surface area contributed by atoms with Crippen LogP contribution in [0.4, 0.5) is 11.5 Å². The van der Waals surface area contributed by atoms with E-state index in [1.807, 2.05) is 9.47 Å². The Labute approximate surface area is 108 Å². The van der Waals surface area contributed by atoms with E-state index in [9.17, 15) is 4.79 Å². The summed E-state index contributed by atoms with van der Waals surface area (Å²) in [6, 6.07) is 1.49. The molecular weight excluding hydrogens is 248 g/mol. The van der Waals surface area contributed by atoms with E-state index in [2.05, 4.69) is 15.2 Å². The lowest BCUT2D eigenvalue weighted by Crippen LogP contribution is -2.34. The number of pyridine rings is 1. The SMILES string of the molecule is Nc1cnc(N2CCn3cnnc3C2)cc1C(=O)O. The number of carboxylic acid groups (broad SMARTS) is 1. The molecule has 2 aromatic heterocycles. The van der Waals surface area contributed by atoms with Crippen LogP contribution < -0.4 is 10.6 Å². The van der Waals surface area contributed by atoms with Crippen molar-refractivity contribution in [3.05, 3.63) is 30.0 Å². The Morgan fingerprint density at radius 3 is 3.05 bits per heavy atom. The van der Waals surface area contributed by atoms with Crippen LogP contribution in [0.2, 0.25) is 0 Å². The first-order chi connectivity index (χ1) is 9.15. The van der Waals surface area contributed by atoms with Gasteiger partial charge >= 0.3 is 5.97 Å². The number of aromatic nitrogens is 4. The summed E-state index contributed by atoms with van der Waals surface area (Å²) in [5, 5.41) is 16.9. The Kier molecular flexibility index (Phi) is 2.55. The predicted octanol–water partition coefficient (Wildman–Crippen LogP) is -0.0263. The van der Waals surface area contributed by atoms with Crippen molar-refractivity contribution < 1.29 is 9.90 Å². The van der Waals surface area contributed by atoms with Crippen molar-refractivity contribution in [2.24, 2.45) is 0 Å². The summed E-state index contributed by atoms with van der Waals surface area (Å²) >= 11 is 0. The fourth-order valence-corrected chi connectivity index (χ4v) is 2.07. The molecule has 0 aromatic carbocycles. The van der Waals surface area contributed by atoms with E-state index in [1.54, 1.807) is 6.33 Å². The number of aromatic carboxylic acids is 1. The highest BCUT2D eigenvalue weighted by atomic mass is 16.4. The van der Waals surface area contributed by atoms with Gasteiger partial charge in [0.2, 0.25) is 0 Å². The molecule has 8 nitrogen and oxygen atoms in total. The molecule has 3 rings (SSSR count). The van der Waals surface area contributed by atoms with Gasteiger partial charge in [0.25, 0.3) is 0 Å². The highest BCUT2D eigenvalue weighted by Crippen LogP contribution is 2.21. The zero-order valence-electron chi connectivity index (χ0n) is 10.0. The van der Waals surface area contributed by atoms with Gasteiger partial charge < -0.3 is 20.3 Å². The monoisotopic (exact) mass is 260 g/mol. The average molecular weight is 260 g/mol. The van der Waals surface area contributed by atoms with Crippen molar-refractivity contribution in [1.29, 1.82) is 0 Å². The maximum Gasteiger partial charge on any atom is 0.337 e. The molecule has 0 amide bonds. The second kappa shape index (κ2) is 4.23. The quantitative estimate of drug-likeness (QED) is 0.780. The largest absolute Gasteiger partial charge is 0.478 e. The minimum absolute atomic E-state index is 0.0667. The lowest BCUT2D eigenvalue weighted by atomic mass is 10.2. The second-order valence-corrected chi connectivity index (χ2v) is 4.30. The summed E-state index contributed by atoms with van der Waals surface area (Å²) in [4.78, 5) is 17.2. The van der Waals surface area contributed by atoms with Gasteiger partial charge in [0.15, 0.2) is 5.82 Å². The van der Waals surface area contributed by atoms with Gasteiger partial charge in [-0.1, -0.05) is 0 Å². The molecule has 0 bridgehead atoms. The van der Waals surface area contributed by atoms with Crippen molar-refractivity contribution in [1.82, 2.24) is 19.7 Å². The number of fused-ring (bicyclic) bond motifs is 1. The third-order valence-corrected chi connectivity index (χ3v) is 3.11. The lowest BCUT2D eigenvalue weighted by Gasteiger charge is -2.28. The Morgan fingerprint density at radius 1 is 1.42 bits per heavy atom. The summed E-state index contributed by atoms with van der Waals surface area (Å²) in [7, 11) is 0. The number of carbonyl (C=O) groups is 1. The molecule has 3 heterocycles. The maximum absolute atomic E-state index is 11.1. The molecular formula is C11H12N6O2. The van der Waals surface area contributed by atoms with Crippen molar-refractivity contribution in [2.45, 2.75) is 13.1 Å². The summed E-state index contributed by atoms with van der Waals surface area (Å²) in [5.74, 6) is 0.365. The highest BCUT2D eigenvalue weighted by Gasteiger charge is 2.20. The summed E-state index contributed by atoms with van der Waals surface area (Å²) in [5.41, 5.74) is 5.82. The normalized spacial score (nSPS) is 14.2. The Morgan fingerprint density at radius 2 is 2.26 bits per heavy atom. The molecule has 0 spiro atoms. The number of hydrogen-bond donors (Lipinski definition) is 2. The first-order valence-electron chi connectivity index (χ1n) is 5.75. The molecule has 3 N–H and O–H groups in total. The third kappa shape index (κ3) is 1.96. The molecule has 2 aromatic rings. The van der Waals surface area contributed by atoms with Gasteiger partial charge in [0, 0.05) is 13.1 Å². The second-order valence-electron chi connectivity index (χ2n) is 4.30. The van der Waals surface area contributed by atoms with Crippen molar-refractivity contribution >= 4 is 17.5 Å². The van der Waals surface area contributed by atoms with Crippen LogP contribution in [0.5, 0.6) is 0 Å². The minimum atomic E-state index is -1.05. The topological polar surface area (TPSA) is 110 Å². The number of carboxylic acids is 1. The molecule has 0 radical (unpaired) electrons. The summed E-state index contributed by atoms with van der Waals surface area (Å²) in [6.07, 6.45) is 3.06. The smallest absolute Gasteiger partial charge is 0.337 e. The number of anilines is 2. The van der Waals surface area contributed by atoms with Gasteiger partial charge in [-0.3, -0.25) is 0 Å². The van der Waals surface area contributed by atoms with Crippen LogP contribution in [-0.2, 0) is 13.1 Å². The molecule has 98 valence electrons. The highest BCUT2D eigenvalue weighted by molar-refractivity contribution is 5.94. The van der Waals surface area contributed by atoms with Crippen LogP contribution in [0.25, 0.3) is 0 Å². The van der Waals surface area contributed by atoms with Gasteiger partial charge in [0.1, 0.15) is 12.1 Å². The summed E-state index contributed by atoms with van der Waals surface area (Å²) < 4.78 is 1.96. The van der Waals surface area contributed by atoms with E-state index in [4.69, 9.17) is 10.8 Å². The van der Waals surface area contributed by atoms with E-state index < -0.39 is 5.97 Å². The molecule has 1 aliphatic heterocycles. The van der Waals surface area contributed by atoms with Gasteiger partial charge in [-0.2, -0.15) is 0 Å². The van der Waals surface area contributed by atoms with Crippen LogP contribution in [0, 0.1) is 0 Å². The predicted molar refractivity (Wildman–Crippen MR) is 66.7 cm³/mol. The van der Waals surface area contributed by atoms with Crippen LogP contribution in [0.1, 0.15) is 16.2 Å². The number of nitrogens with two attached hydrogens (primary N) is 1. The van der Waals surface area contributed by atoms with E-state index in [0.29, 0.717) is 12.4 Å². The van der Waals surface area contributed by atoms with Crippen LogP contribution in [0.3, 0.4) is 0 Å². The lowest BCUT2D eigenvalue weighted by molar-refractivity contribution is 0.0698. The first-order valence-corrected chi connectivity index (χ1v) is 5.75. The molecule has 0 saturated carbocycles. The number of nitrogen functional groups attached to an aromatic ring is 1. The van der Waals surface area contributed by atoms with E-state index >= 15 is 0 Å². The maximum atomic E-state index is 11.1.